The van der Waals surface area contributed by atoms with Gasteiger partial charge in [0.2, 0.25) is 5.88 Å². The number of aryl methyl sites for hydroxylation is 2. The van der Waals surface area contributed by atoms with Crippen molar-refractivity contribution in [3.63, 3.8) is 0 Å². The van der Waals surface area contributed by atoms with Gasteiger partial charge in [0.15, 0.2) is 0 Å². The van der Waals surface area contributed by atoms with Gasteiger partial charge in [-0.2, -0.15) is 0 Å². The predicted molar refractivity (Wildman–Crippen MR) is 76.3 cm³/mol. The summed E-state index contributed by atoms with van der Waals surface area (Å²) >= 11 is 5.97. The monoisotopic (exact) mass is 277 g/mol. The maximum absolute atomic E-state index is 5.97. The molecule has 3 nitrogen and oxygen atoms in total. The highest BCUT2D eigenvalue weighted by atomic mass is 35.5. The van der Waals surface area contributed by atoms with E-state index in [1.54, 1.807) is 7.11 Å². The summed E-state index contributed by atoms with van der Waals surface area (Å²) in [6, 6.07) is 9.41. The van der Waals surface area contributed by atoms with Crippen LogP contribution in [-0.4, -0.2) is 12.1 Å². The zero-order chi connectivity index (χ0) is 13.8. The number of ether oxygens (including phenoxy) is 2. The first-order valence-electron chi connectivity index (χ1n) is 5.99. The lowest BCUT2D eigenvalue weighted by Gasteiger charge is -2.12. The Hall–Kier alpha value is -1.74. The van der Waals surface area contributed by atoms with Gasteiger partial charge in [0.1, 0.15) is 11.5 Å². The van der Waals surface area contributed by atoms with Crippen molar-refractivity contribution in [2.24, 2.45) is 0 Å². The Morgan fingerprint density at radius 1 is 1.16 bits per heavy atom. The van der Waals surface area contributed by atoms with E-state index in [0.29, 0.717) is 17.5 Å². The molecule has 0 atom stereocenters. The summed E-state index contributed by atoms with van der Waals surface area (Å²) in [7, 11) is 1.62. The molecule has 1 heterocycles. The summed E-state index contributed by atoms with van der Waals surface area (Å²) in [5, 5.41) is 0. The molecule has 0 aliphatic carbocycles. The molecule has 0 aliphatic rings. The molecule has 2 rings (SSSR count). The van der Waals surface area contributed by atoms with Crippen LogP contribution in [0.2, 0.25) is 0 Å². The van der Waals surface area contributed by atoms with Crippen molar-refractivity contribution in [2.45, 2.75) is 19.7 Å². The number of rotatable bonds is 4. The Labute approximate surface area is 118 Å². The number of benzene rings is 1. The van der Waals surface area contributed by atoms with E-state index < -0.39 is 0 Å². The van der Waals surface area contributed by atoms with Crippen LogP contribution in [0.3, 0.4) is 0 Å². The largest absolute Gasteiger partial charge is 0.497 e. The van der Waals surface area contributed by atoms with Gasteiger partial charge >= 0.3 is 0 Å². The average Bonchev–Trinajstić information content (AvgIpc) is 2.38. The third kappa shape index (κ3) is 3.18. The molecule has 0 spiro atoms. The fourth-order valence-electron chi connectivity index (χ4n) is 1.85. The van der Waals surface area contributed by atoms with Crippen molar-refractivity contribution in [1.29, 1.82) is 0 Å². The van der Waals surface area contributed by atoms with Gasteiger partial charge in [0.25, 0.3) is 0 Å². The lowest BCUT2D eigenvalue weighted by Crippen LogP contribution is -1.98. The van der Waals surface area contributed by atoms with E-state index in [0.717, 1.165) is 22.6 Å². The molecule has 1 aromatic heterocycles. The standard InChI is InChI=1S/C15H16ClNO2/c1-10-7-11(2)17-15(14(10)9-16)19-13-6-4-5-12(8-13)18-3/h4-8H,9H2,1-3H3. The van der Waals surface area contributed by atoms with Crippen molar-refractivity contribution < 1.29 is 9.47 Å². The van der Waals surface area contributed by atoms with Crippen LogP contribution in [0.1, 0.15) is 16.8 Å². The van der Waals surface area contributed by atoms with E-state index in [2.05, 4.69) is 4.98 Å². The van der Waals surface area contributed by atoms with Gasteiger partial charge in [-0.3, -0.25) is 0 Å². The van der Waals surface area contributed by atoms with Crippen LogP contribution >= 0.6 is 11.6 Å². The molecule has 0 unspecified atom stereocenters. The topological polar surface area (TPSA) is 31.4 Å². The zero-order valence-electron chi connectivity index (χ0n) is 11.2. The Balaban J connectivity index is 2.36. The number of halogens is 1. The third-order valence-electron chi connectivity index (χ3n) is 2.83. The number of nitrogens with zero attached hydrogens (tertiary/aromatic N) is 1. The Morgan fingerprint density at radius 2 is 1.89 bits per heavy atom. The van der Waals surface area contributed by atoms with Crippen LogP contribution in [0.4, 0.5) is 0 Å². The fraction of sp³-hybridized carbons (Fsp3) is 0.267. The van der Waals surface area contributed by atoms with Crippen LogP contribution in [0.5, 0.6) is 17.4 Å². The lowest BCUT2D eigenvalue weighted by atomic mass is 10.1. The summed E-state index contributed by atoms with van der Waals surface area (Å²) < 4.78 is 11.0. The molecule has 0 radical (unpaired) electrons. The molecule has 2 aromatic rings. The van der Waals surface area contributed by atoms with Crippen LogP contribution in [0, 0.1) is 13.8 Å². The summed E-state index contributed by atoms with van der Waals surface area (Å²) in [5.74, 6) is 2.36. The van der Waals surface area contributed by atoms with Crippen molar-refractivity contribution >= 4 is 11.6 Å². The van der Waals surface area contributed by atoms with Gasteiger partial charge in [0.05, 0.1) is 13.0 Å². The molecular formula is C15H16ClNO2. The van der Waals surface area contributed by atoms with E-state index in [-0.39, 0.29) is 0 Å². The Kier molecular flexibility index (Phi) is 4.27. The molecular weight excluding hydrogens is 262 g/mol. The molecule has 0 aliphatic heterocycles. The van der Waals surface area contributed by atoms with E-state index in [4.69, 9.17) is 21.1 Å². The molecule has 0 bridgehead atoms. The van der Waals surface area contributed by atoms with Crippen LogP contribution < -0.4 is 9.47 Å². The number of hydrogen-bond acceptors (Lipinski definition) is 3. The maximum atomic E-state index is 5.97. The van der Waals surface area contributed by atoms with Crippen molar-refractivity contribution in [1.82, 2.24) is 4.98 Å². The first kappa shape index (κ1) is 13.7. The molecule has 1 aromatic carbocycles. The number of hydrogen-bond donors (Lipinski definition) is 0. The smallest absolute Gasteiger partial charge is 0.224 e. The zero-order valence-corrected chi connectivity index (χ0v) is 12.0. The second-order valence-electron chi connectivity index (χ2n) is 4.28. The number of methoxy groups -OCH3 is 1. The molecule has 0 saturated carbocycles. The second-order valence-corrected chi connectivity index (χ2v) is 4.55. The summed E-state index contributed by atoms with van der Waals surface area (Å²) in [6.07, 6.45) is 0. The molecule has 4 heteroatoms. The van der Waals surface area contributed by atoms with E-state index >= 15 is 0 Å². The quantitative estimate of drug-likeness (QED) is 0.784. The minimum Gasteiger partial charge on any atom is -0.497 e. The Morgan fingerprint density at radius 3 is 2.58 bits per heavy atom. The van der Waals surface area contributed by atoms with Gasteiger partial charge < -0.3 is 9.47 Å². The van der Waals surface area contributed by atoms with Crippen LogP contribution in [0.25, 0.3) is 0 Å². The number of aromatic nitrogens is 1. The van der Waals surface area contributed by atoms with Crippen LogP contribution in [0.15, 0.2) is 30.3 Å². The molecule has 0 fully saturated rings. The van der Waals surface area contributed by atoms with Gasteiger partial charge in [-0.05, 0) is 37.6 Å². The van der Waals surface area contributed by atoms with Crippen LogP contribution in [-0.2, 0) is 5.88 Å². The average molecular weight is 278 g/mol. The van der Waals surface area contributed by atoms with E-state index in [9.17, 15) is 0 Å². The SMILES string of the molecule is COc1cccc(Oc2nc(C)cc(C)c2CCl)c1. The Bertz CT molecular complexity index is 584. The molecule has 0 amide bonds. The van der Waals surface area contributed by atoms with Crippen molar-refractivity contribution in [3.05, 3.63) is 47.2 Å². The third-order valence-corrected chi connectivity index (χ3v) is 3.09. The molecule has 100 valence electrons. The molecule has 0 saturated heterocycles. The predicted octanol–water partition coefficient (Wildman–Crippen LogP) is 4.24. The summed E-state index contributed by atoms with van der Waals surface area (Å²) in [6.45, 7) is 3.94. The van der Waals surface area contributed by atoms with Crippen molar-refractivity contribution in [2.75, 3.05) is 7.11 Å². The van der Waals surface area contributed by atoms with Gasteiger partial charge in [-0.15, -0.1) is 11.6 Å². The maximum Gasteiger partial charge on any atom is 0.224 e. The van der Waals surface area contributed by atoms with Gasteiger partial charge in [-0.1, -0.05) is 6.07 Å². The molecule has 0 N–H and O–H groups in total. The number of pyridine rings is 1. The number of alkyl halides is 1. The fourth-order valence-corrected chi connectivity index (χ4v) is 2.18. The normalized spacial score (nSPS) is 10.3. The van der Waals surface area contributed by atoms with Crippen molar-refractivity contribution in [3.8, 4) is 17.4 Å². The van der Waals surface area contributed by atoms with E-state index in [1.165, 1.54) is 0 Å². The summed E-state index contributed by atoms with van der Waals surface area (Å²) in [4.78, 5) is 4.41. The first-order chi connectivity index (χ1) is 9.13. The minimum atomic E-state index is 0.373. The second kappa shape index (κ2) is 5.93. The highest BCUT2D eigenvalue weighted by Crippen LogP contribution is 2.29. The first-order valence-corrected chi connectivity index (χ1v) is 6.52. The summed E-state index contributed by atoms with van der Waals surface area (Å²) in [5.41, 5.74) is 2.90. The van der Waals surface area contributed by atoms with Gasteiger partial charge in [0, 0.05) is 17.3 Å². The molecule has 19 heavy (non-hydrogen) atoms. The van der Waals surface area contributed by atoms with Gasteiger partial charge in [-0.25, -0.2) is 4.98 Å². The minimum absolute atomic E-state index is 0.373. The lowest BCUT2D eigenvalue weighted by molar-refractivity contribution is 0.406. The highest BCUT2D eigenvalue weighted by Gasteiger charge is 2.10. The highest BCUT2D eigenvalue weighted by molar-refractivity contribution is 6.17. The van der Waals surface area contributed by atoms with E-state index in [1.807, 2.05) is 44.2 Å².